The summed E-state index contributed by atoms with van der Waals surface area (Å²) in [5, 5.41) is 3.90. The van der Waals surface area contributed by atoms with Gasteiger partial charge in [-0.25, -0.2) is 9.36 Å². The molecule has 0 saturated carbocycles. The Bertz CT molecular complexity index is 567. The summed E-state index contributed by atoms with van der Waals surface area (Å²) < 4.78 is 6.39. The average Bonchev–Trinajstić information content (AvgIpc) is 3.02. The van der Waals surface area contributed by atoms with Gasteiger partial charge in [0, 0.05) is 13.1 Å². The molecule has 1 saturated heterocycles. The minimum Gasteiger partial charge on any atom is -0.340 e. The van der Waals surface area contributed by atoms with Crippen molar-refractivity contribution in [3.63, 3.8) is 0 Å². The predicted molar refractivity (Wildman–Crippen MR) is 67.8 cm³/mol. The molecule has 1 aliphatic rings. The van der Waals surface area contributed by atoms with Crippen molar-refractivity contribution in [1.29, 1.82) is 0 Å². The molecule has 5 nitrogen and oxygen atoms in total. The molecule has 94 valence electrons. The van der Waals surface area contributed by atoms with Gasteiger partial charge in [0.25, 0.3) is 0 Å². The van der Waals surface area contributed by atoms with E-state index in [-0.39, 0.29) is 5.76 Å². The van der Waals surface area contributed by atoms with E-state index >= 15 is 0 Å². The van der Waals surface area contributed by atoms with E-state index in [2.05, 4.69) is 10.1 Å². The largest absolute Gasteiger partial charge is 0.443 e. The Morgan fingerprint density at radius 3 is 2.61 bits per heavy atom. The summed E-state index contributed by atoms with van der Waals surface area (Å²) in [7, 11) is 0. The topological polar surface area (TPSA) is 51.3 Å². The molecule has 0 N–H and O–H groups in total. The molecule has 2 heterocycles. The fourth-order valence-electron chi connectivity index (χ4n) is 2.31. The highest BCUT2D eigenvalue weighted by Crippen LogP contribution is 2.17. The van der Waals surface area contributed by atoms with Crippen LogP contribution in [-0.4, -0.2) is 22.8 Å². The summed E-state index contributed by atoms with van der Waals surface area (Å²) in [5.41, 5.74) is 1.07. The monoisotopic (exact) mass is 245 g/mol. The van der Waals surface area contributed by atoms with Gasteiger partial charge in [-0.2, -0.15) is 0 Å². The number of hydrogen-bond acceptors (Lipinski definition) is 4. The lowest BCUT2D eigenvalue weighted by Crippen LogP contribution is -2.26. The van der Waals surface area contributed by atoms with Crippen LogP contribution >= 0.6 is 0 Å². The molecule has 0 amide bonds. The van der Waals surface area contributed by atoms with Crippen molar-refractivity contribution in [3.8, 4) is 0 Å². The van der Waals surface area contributed by atoms with Gasteiger partial charge in [-0.05, 0) is 23.6 Å². The van der Waals surface area contributed by atoms with E-state index in [1.165, 1.54) is 0 Å². The second-order valence-corrected chi connectivity index (χ2v) is 4.51. The number of aromatic nitrogens is 2. The van der Waals surface area contributed by atoms with Crippen molar-refractivity contribution < 1.29 is 4.52 Å². The summed E-state index contributed by atoms with van der Waals surface area (Å²) in [6, 6.07) is 9.87. The maximum Gasteiger partial charge on any atom is 0.443 e. The van der Waals surface area contributed by atoms with Crippen LogP contribution in [0.2, 0.25) is 0 Å². The minimum absolute atomic E-state index is 0.388. The third-order valence-corrected chi connectivity index (χ3v) is 3.24. The van der Waals surface area contributed by atoms with Gasteiger partial charge >= 0.3 is 5.76 Å². The van der Waals surface area contributed by atoms with E-state index in [4.69, 9.17) is 4.52 Å². The summed E-state index contributed by atoms with van der Waals surface area (Å²) in [6.07, 6.45) is 2.29. The molecule has 5 heteroatoms. The molecular weight excluding hydrogens is 230 g/mol. The number of nitrogens with zero attached hydrogens (tertiary/aromatic N) is 3. The smallest absolute Gasteiger partial charge is 0.340 e. The number of benzene rings is 1. The van der Waals surface area contributed by atoms with Crippen LogP contribution < -0.4 is 10.7 Å². The molecule has 3 rings (SSSR count). The van der Waals surface area contributed by atoms with Crippen LogP contribution in [0.3, 0.4) is 0 Å². The van der Waals surface area contributed by atoms with Crippen LogP contribution in [0, 0.1) is 0 Å². The summed E-state index contributed by atoms with van der Waals surface area (Å²) in [4.78, 5) is 13.8. The first-order valence-corrected chi connectivity index (χ1v) is 6.20. The van der Waals surface area contributed by atoms with E-state index in [9.17, 15) is 4.79 Å². The summed E-state index contributed by atoms with van der Waals surface area (Å²) in [6.45, 7) is 2.40. The molecule has 0 aliphatic carbocycles. The van der Waals surface area contributed by atoms with Gasteiger partial charge in [-0.3, -0.25) is 4.52 Å². The lowest BCUT2D eigenvalue weighted by Gasteiger charge is -2.15. The van der Waals surface area contributed by atoms with Gasteiger partial charge in [0.1, 0.15) is 0 Å². The van der Waals surface area contributed by atoms with E-state index in [0.29, 0.717) is 12.5 Å². The van der Waals surface area contributed by atoms with Crippen LogP contribution in [-0.2, 0) is 6.54 Å². The lowest BCUT2D eigenvalue weighted by atomic mass is 10.2. The Morgan fingerprint density at radius 2 is 1.89 bits per heavy atom. The Labute approximate surface area is 105 Å². The zero-order chi connectivity index (χ0) is 12.4. The minimum atomic E-state index is -0.388. The molecule has 1 aromatic carbocycles. The first-order chi connectivity index (χ1) is 8.84. The zero-order valence-electron chi connectivity index (χ0n) is 10.1. The lowest BCUT2D eigenvalue weighted by molar-refractivity contribution is 0.377. The van der Waals surface area contributed by atoms with Crippen molar-refractivity contribution in [2.75, 3.05) is 18.0 Å². The number of anilines is 1. The highest BCUT2D eigenvalue weighted by Gasteiger charge is 2.20. The van der Waals surface area contributed by atoms with Crippen molar-refractivity contribution in [2.45, 2.75) is 19.4 Å². The molecule has 0 radical (unpaired) electrons. The number of hydrogen-bond donors (Lipinski definition) is 0. The van der Waals surface area contributed by atoms with Gasteiger partial charge in [0.05, 0.1) is 6.54 Å². The molecule has 0 spiro atoms. The highest BCUT2D eigenvalue weighted by molar-refractivity contribution is 5.31. The molecule has 0 unspecified atom stereocenters. The third kappa shape index (κ3) is 2.03. The van der Waals surface area contributed by atoms with E-state index in [1.54, 1.807) is 4.57 Å². The quantitative estimate of drug-likeness (QED) is 0.822. The predicted octanol–water partition coefficient (Wildman–Crippen LogP) is 1.48. The third-order valence-electron chi connectivity index (χ3n) is 3.24. The van der Waals surface area contributed by atoms with Crippen molar-refractivity contribution >= 4 is 5.95 Å². The SMILES string of the molecule is O=c1onc(N2CCCC2)n1Cc1ccccc1. The van der Waals surface area contributed by atoms with Crippen molar-refractivity contribution in [2.24, 2.45) is 0 Å². The van der Waals surface area contributed by atoms with Crippen molar-refractivity contribution in [3.05, 3.63) is 46.4 Å². The summed E-state index contributed by atoms with van der Waals surface area (Å²) in [5.74, 6) is 0.266. The fourth-order valence-corrected chi connectivity index (χ4v) is 2.31. The van der Waals surface area contributed by atoms with Crippen molar-refractivity contribution in [1.82, 2.24) is 9.72 Å². The van der Waals surface area contributed by atoms with Crippen LogP contribution in [0.15, 0.2) is 39.6 Å². The number of rotatable bonds is 3. The Hall–Kier alpha value is -2.04. The Kier molecular flexibility index (Phi) is 2.88. The van der Waals surface area contributed by atoms with E-state index < -0.39 is 0 Å². The second kappa shape index (κ2) is 4.68. The van der Waals surface area contributed by atoms with Crippen LogP contribution in [0.25, 0.3) is 0 Å². The fraction of sp³-hybridized carbons (Fsp3) is 0.385. The molecule has 18 heavy (non-hydrogen) atoms. The van der Waals surface area contributed by atoms with Crippen LogP contribution in [0.4, 0.5) is 5.95 Å². The maximum atomic E-state index is 11.7. The van der Waals surface area contributed by atoms with Gasteiger partial charge in [-0.1, -0.05) is 30.3 Å². The van der Waals surface area contributed by atoms with Gasteiger partial charge in [0.15, 0.2) is 0 Å². The Morgan fingerprint density at radius 1 is 1.17 bits per heavy atom. The first-order valence-electron chi connectivity index (χ1n) is 6.20. The maximum absolute atomic E-state index is 11.7. The second-order valence-electron chi connectivity index (χ2n) is 4.51. The molecule has 1 aliphatic heterocycles. The molecule has 2 aromatic rings. The zero-order valence-corrected chi connectivity index (χ0v) is 10.1. The highest BCUT2D eigenvalue weighted by atomic mass is 16.5. The van der Waals surface area contributed by atoms with Gasteiger partial charge in [-0.15, -0.1) is 0 Å². The van der Waals surface area contributed by atoms with E-state index in [1.807, 2.05) is 30.3 Å². The standard InChI is InChI=1S/C13H15N3O2/c17-13-16(10-11-6-2-1-3-7-11)12(14-18-13)15-8-4-5-9-15/h1-3,6-7H,4-5,8-10H2. The van der Waals surface area contributed by atoms with Crippen LogP contribution in [0.5, 0.6) is 0 Å². The molecule has 0 bridgehead atoms. The average molecular weight is 245 g/mol. The molecule has 0 atom stereocenters. The van der Waals surface area contributed by atoms with E-state index in [0.717, 1.165) is 31.5 Å². The first kappa shape index (κ1) is 11.1. The molecule has 1 aromatic heterocycles. The van der Waals surface area contributed by atoms with Crippen LogP contribution in [0.1, 0.15) is 18.4 Å². The van der Waals surface area contributed by atoms with Gasteiger partial charge < -0.3 is 4.90 Å². The normalized spacial score (nSPS) is 15.2. The van der Waals surface area contributed by atoms with Gasteiger partial charge in [0.2, 0.25) is 5.95 Å². The molecule has 1 fully saturated rings. The molecular formula is C13H15N3O2. The Balaban J connectivity index is 1.91. The summed E-state index contributed by atoms with van der Waals surface area (Å²) >= 11 is 0.